The highest BCUT2D eigenvalue weighted by Crippen LogP contribution is 2.40. The summed E-state index contributed by atoms with van der Waals surface area (Å²) in [5.74, 6) is 0.267. The molecule has 0 spiro atoms. The van der Waals surface area contributed by atoms with Crippen molar-refractivity contribution in [3.05, 3.63) is 209 Å². The van der Waals surface area contributed by atoms with Crippen molar-refractivity contribution in [3.8, 4) is 5.75 Å². The fourth-order valence-electron chi connectivity index (χ4n) is 10.8. The number of fused-ring (bicyclic) bond motifs is 3. The van der Waals surface area contributed by atoms with E-state index >= 15 is 0 Å². The van der Waals surface area contributed by atoms with E-state index < -0.39 is 29.5 Å². The van der Waals surface area contributed by atoms with Crippen LogP contribution in [-0.2, 0) is 36.1 Å². The molecule has 0 radical (unpaired) electrons. The Morgan fingerprint density at radius 1 is 0.488 bits per heavy atom. The van der Waals surface area contributed by atoms with Crippen LogP contribution in [0.2, 0.25) is 10.0 Å². The van der Waals surface area contributed by atoms with Crippen LogP contribution < -0.4 is 19.9 Å². The molecule has 10 aromatic rings. The molecule has 2 saturated heterocycles. The van der Waals surface area contributed by atoms with Crippen molar-refractivity contribution in [2.45, 2.75) is 101 Å². The smallest absolute Gasteiger partial charge is 0.210 e. The maximum atomic E-state index is 13.5. The van der Waals surface area contributed by atoms with E-state index in [1.165, 1.54) is 80.7 Å². The number of rotatable bonds is 13. The van der Waals surface area contributed by atoms with Crippen LogP contribution in [-0.4, -0.2) is 73.0 Å². The predicted molar refractivity (Wildman–Crippen MR) is 342 cm³/mol. The highest BCUT2D eigenvalue weighted by molar-refractivity contribution is 7.92. The maximum absolute atomic E-state index is 13.5. The second-order valence-electron chi connectivity index (χ2n) is 21.1. The standard InChI is InChI=1S/C24H20ClFN2O3S.C22H24N2O2S.C21H21ClN2O2S/c1-2-31-19-9-12-22-21(13-19)24(28-14-16-3-7-18(26)8-4-16)23(15-27-22)32(29,30)20-10-5-17(25)6-11-20;1-17-10-12-18(13-11-17)27(25,26)21-16-23-20-9-5-4-8-19(20)22(21)24-14-6-2-3-7-15-24;22-16-9-11-17(12-10-16)27(25,26)20-15-23-19-8-4-3-7-18(19)21(20)24-13-5-1-2-6-14-24/h3-13,15H,2,14H2,1H3,(H,27,28);4-5,8-13,16H,2-3,6-7,14-15H2,1H3;3-4,7-12,15H,1-2,5-6,13-14H2. The molecule has 0 saturated carbocycles. The number of hydrogen-bond donors (Lipinski definition) is 1. The summed E-state index contributed by atoms with van der Waals surface area (Å²) < 4.78 is 99.6. The molecular formula is C67H65Cl2FN6O7S3. The van der Waals surface area contributed by atoms with Gasteiger partial charge in [0, 0.05) is 77.5 Å². The molecule has 0 aliphatic carbocycles. The highest BCUT2D eigenvalue weighted by Gasteiger charge is 2.30. The number of ether oxygens (including phenoxy) is 1. The Morgan fingerprint density at radius 3 is 1.35 bits per heavy atom. The molecule has 0 atom stereocenters. The largest absolute Gasteiger partial charge is 0.494 e. The second kappa shape index (κ2) is 27.4. The first-order valence-corrected chi connectivity index (χ1v) is 33.9. The van der Waals surface area contributed by atoms with Crippen LogP contribution in [0.4, 0.5) is 21.5 Å². The lowest BCUT2D eigenvalue weighted by molar-refractivity contribution is 0.340. The van der Waals surface area contributed by atoms with E-state index in [1.807, 2.05) is 74.5 Å². The molecule has 19 heteroatoms. The van der Waals surface area contributed by atoms with Crippen molar-refractivity contribution in [3.63, 3.8) is 0 Å². The van der Waals surface area contributed by atoms with Gasteiger partial charge in [-0.2, -0.15) is 0 Å². The summed E-state index contributed by atoms with van der Waals surface area (Å²) in [4.78, 5) is 19.0. The van der Waals surface area contributed by atoms with Crippen LogP contribution in [0.5, 0.6) is 5.75 Å². The van der Waals surface area contributed by atoms with E-state index in [2.05, 4.69) is 30.1 Å². The van der Waals surface area contributed by atoms with Crippen LogP contribution >= 0.6 is 23.2 Å². The first-order chi connectivity index (χ1) is 41.5. The van der Waals surface area contributed by atoms with Crippen LogP contribution in [0.3, 0.4) is 0 Å². The molecule has 5 heterocycles. The maximum Gasteiger partial charge on any atom is 0.210 e. The van der Waals surface area contributed by atoms with Gasteiger partial charge in [0.25, 0.3) is 0 Å². The normalized spacial score (nSPS) is 14.1. The Bertz CT molecular complexity index is 4190. The Hall–Kier alpha value is -7.67. The topological polar surface area (TPSA) is 169 Å². The fourth-order valence-corrected chi connectivity index (χ4v) is 15.3. The third kappa shape index (κ3) is 13.9. The number of halogens is 3. The molecule has 3 aromatic heterocycles. The van der Waals surface area contributed by atoms with Crippen molar-refractivity contribution in [1.82, 2.24) is 15.0 Å². The number of aryl methyl sites for hydroxylation is 1. The van der Waals surface area contributed by atoms with Crippen molar-refractivity contribution >= 4 is 102 Å². The number of pyridine rings is 3. The van der Waals surface area contributed by atoms with Crippen molar-refractivity contribution in [1.29, 1.82) is 0 Å². The zero-order valence-electron chi connectivity index (χ0n) is 47.7. The minimum absolute atomic E-state index is 0.0306. The monoisotopic (exact) mass is 1250 g/mol. The Labute approximate surface area is 512 Å². The zero-order valence-corrected chi connectivity index (χ0v) is 51.6. The van der Waals surface area contributed by atoms with Gasteiger partial charge in [0.15, 0.2) is 0 Å². The van der Waals surface area contributed by atoms with E-state index in [4.69, 9.17) is 27.9 Å². The third-order valence-electron chi connectivity index (χ3n) is 15.2. The van der Waals surface area contributed by atoms with E-state index in [0.29, 0.717) is 55.3 Å². The number of para-hydroxylation sites is 2. The van der Waals surface area contributed by atoms with Gasteiger partial charge in [-0.3, -0.25) is 15.0 Å². The van der Waals surface area contributed by atoms with Crippen LogP contribution in [0.15, 0.2) is 212 Å². The van der Waals surface area contributed by atoms with E-state index in [-0.39, 0.29) is 25.4 Å². The zero-order chi connectivity index (χ0) is 60.4. The van der Waals surface area contributed by atoms with Crippen LogP contribution in [0, 0.1) is 12.7 Å². The summed E-state index contributed by atoms with van der Waals surface area (Å²) >= 11 is 11.9. The minimum atomic E-state index is -3.90. The lowest BCUT2D eigenvalue weighted by Crippen LogP contribution is -2.26. The summed E-state index contributed by atoms with van der Waals surface area (Å²) in [6.07, 6.45) is 13.4. The number of nitrogens with zero attached hydrogens (tertiary/aromatic N) is 5. The molecule has 1 N–H and O–H groups in total. The second-order valence-corrected chi connectivity index (χ2v) is 27.7. The summed E-state index contributed by atoms with van der Waals surface area (Å²) in [5.41, 5.74) is 6.08. The quantitative estimate of drug-likeness (QED) is 0.116. The number of benzene rings is 7. The molecule has 7 aromatic carbocycles. The lowest BCUT2D eigenvalue weighted by atomic mass is 10.1. The number of hydrogen-bond acceptors (Lipinski definition) is 13. The van der Waals surface area contributed by atoms with Crippen LogP contribution in [0.1, 0.15) is 69.4 Å². The van der Waals surface area contributed by atoms with E-state index in [9.17, 15) is 29.6 Å². The lowest BCUT2D eigenvalue weighted by Gasteiger charge is -2.26. The van der Waals surface area contributed by atoms with Gasteiger partial charge in [-0.15, -0.1) is 0 Å². The van der Waals surface area contributed by atoms with Crippen molar-refractivity contribution in [2.75, 3.05) is 47.9 Å². The highest BCUT2D eigenvalue weighted by atomic mass is 35.5. The van der Waals surface area contributed by atoms with Crippen molar-refractivity contribution in [2.24, 2.45) is 0 Å². The van der Waals surface area contributed by atoms with Gasteiger partial charge >= 0.3 is 0 Å². The number of nitrogens with one attached hydrogen (secondary N) is 1. The van der Waals surface area contributed by atoms with Crippen molar-refractivity contribution < 1.29 is 34.4 Å². The molecule has 2 fully saturated rings. The van der Waals surface area contributed by atoms with Crippen LogP contribution in [0.25, 0.3) is 32.7 Å². The molecule has 12 rings (SSSR count). The van der Waals surface area contributed by atoms with Gasteiger partial charge in [-0.05, 0) is 148 Å². The molecule has 2 aliphatic rings. The molecule has 13 nitrogen and oxygen atoms in total. The summed E-state index contributed by atoms with van der Waals surface area (Å²) in [7, 11) is -11.2. The van der Waals surface area contributed by atoms with E-state index in [0.717, 1.165) is 96.2 Å². The predicted octanol–water partition coefficient (Wildman–Crippen LogP) is 15.7. The van der Waals surface area contributed by atoms with Gasteiger partial charge < -0.3 is 19.9 Å². The van der Waals surface area contributed by atoms with E-state index in [1.54, 1.807) is 66.7 Å². The van der Waals surface area contributed by atoms with Gasteiger partial charge in [0.05, 0.1) is 54.9 Å². The van der Waals surface area contributed by atoms with Gasteiger partial charge in [-0.25, -0.2) is 29.6 Å². The first kappa shape index (κ1) is 61.4. The Balaban J connectivity index is 0.000000144. The third-order valence-corrected chi connectivity index (χ3v) is 21.0. The average molecular weight is 1250 g/mol. The van der Waals surface area contributed by atoms with Gasteiger partial charge in [-0.1, -0.05) is 115 Å². The number of aromatic nitrogens is 3. The summed E-state index contributed by atoms with van der Waals surface area (Å²) in [6.45, 7) is 8.07. The summed E-state index contributed by atoms with van der Waals surface area (Å²) in [5, 5.41) is 6.58. The Morgan fingerprint density at radius 2 is 0.895 bits per heavy atom. The molecule has 86 heavy (non-hydrogen) atoms. The fraction of sp³-hybridized carbons (Fsp3) is 0.239. The minimum Gasteiger partial charge on any atom is -0.494 e. The SMILES string of the molecule is CCOc1ccc2ncc(S(=O)(=O)c3ccc(Cl)cc3)c(NCc3ccc(F)cc3)c2c1.Cc1ccc(S(=O)(=O)c2cnc3ccccc3c2N2CCCCCC2)cc1.O=S(=O)(c1ccc(Cl)cc1)c1cnc2ccccc2c1N1CCCCCC1. The average Bonchev–Trinajstić information content (AvgIpc) is 1.01. The number of anilines is 3. The summed E-state index contributed by atoms with van der Waals surface area (Å²) in [6, 6.07) is 46.3. The number of sulfone groups is 3. The molecular weight excluding hydrogens is 1190 g/mol. The molecule has 2 aliphatic heterocycles. The molecule has 0 bridgehead atoms. The molecule has 444 valence electrons. The Kier molecular flexibility index (Phi) is 19.5. The molecule has 0 unspecified atom stereocenters. The molecule has 0 amide bonds. The van der Waals surface area contributed by atoms with Gasteiger partial charge in [0.2, 0.25) is 29.5 Å². The van der Waals surface area contributed by atoms with Gasteiger partial charge in [0.1, 0.15) is 26.3 Å². The first-order valence-electron chi connectivity index (χ1n) is 28.7.